The van der Waals surface area contributed by atoms with Gasteiger partial charge in [-0.05, 0) is 51.0 Å². The summed E-state index contributed by atoms with van der Waals surface area (Å²) in [5.41, 5.74) is 5.55. The summed E-state index contributed by atoms with van der Waals surface area (Å²) in [4.78, 5) is 33.8. The number of aromatic nitrogens is 2. The first-order valence-corrected chi connectivity index (χ1v) is 15.3. The number of piperidine rings is 2. The maximum atomic E-state index is 11.7. The van der Waals surface area contributed by atoms with Crippen LogP contribution in [0.25, 0.3) is 0 Å². The van der Waals surface area contributed by atoms with Gasteiger partial charge in [-0.2, -0.15) is 0 Å². The topological polar surface area (TPSA) is 163 Å². The first kappa shape index (κ1) is 36.7. The molecule has 5 N–H and O–H groups in total. The van der Waals surface area contributed by atoms with Crippen molar-refractivity contribution >= 4 is 64.1 Å². The fraction of sp³-hybridized carbons (Fsp3) is 0.571. The van der Waals surface area contributed by atoms with E-state index < -0.39 is 6.10 Å². The molecule has 3 aliphatic heterocycles. The molecule has 2 unspecified atom stereocenters. The van der Waals surface area contributed by atoms with E-state index in [0.29, 0.717) is 53.2 Å². The zero-order valence-electron chi connectivity index (χ0n) is 24.5. The van der Waals surface area contributed by atoms with Gasteiger partial charge in [-0.25, -0.2) is 9.97 Å². The normalized spacial score (nSPS) is 20.0. The van der Waals surface area contributed by atoms with E-state index in [2.05, 4.69) is 20.2 Å². The Hall–Kier alpha value is -2.45. The number of nitrogens with two attached hydrogens (primary N) is 1. The Kier molecular flexibility index (Phi) is 16.9. The number of anilines is 3. The largest absolute Gasteiger partial charge is 0.391 e. The lowest BCUT2D eigenvalue weighted by Crippen LogP contribution is -2.43. The molecule has 2 atom stereocenters. The van der Waals surface area contributed by atoms with E-state index in [1.807, 2.05) is 19.9 Å². The second kappa shape index (κ2) is 19.8. The molecule has 0 spiro atoms. The molecule has 15 heteroatoms. The van der Waals surface area contributed by atoms with Gasteiger partial charge in [0.2, 0.25) is 11.8 Å². The van der Waals surface area contributed by atoms with Crippen LogP contribution in [0.2, 0.25) is 15.2 Å². The second-order valence-corrected chi connectivity index (χ2v) is 10.9. The van der Waals surface area contributed by atoms with Crippen LogP contribution in [0.4, 0.5) is 17.5 Å². The van der Waals surface area contributed by atoms with Crippen LogP contribution in [0.15, 0.2) is 24.3 Å². The van der Waals surface area contributed by atoms with Crippen molar-refractivity contribution in [1.82, 2.24) is 15.3 Å². The van der Waals surface area contributed by atoms with Crippen molar-refractivity contribution in [1.29, 1.82) is 0 Å². The number of β-amino-alcohol motifs (C(OH)–C–C–N with tert-alkyl or cyclic N) is 2. The Labute approximate surface area is 267 Å². The number of carbonyl (C=O) groups excluding carboxylic acids is 2. The number of nitrogen functional groups attached to an aromatic ring is 1. The standard InChI is InChI=1S/C10H12ClN3O2.C9H10Cl2N2O.C5H9NO2.C4H10O/c11-6-3-8(12)13-9(4-6)14-5-7(15)1-2-10(14)16;10-7-5-8(11)12-9(6-7)13-1-3-14-4-2-13;7-4-1-2-5(8)6-3-4;1-3-5-4-2/h3-4,7,15H,1-2,5H2,(H2,12,13);5-6H,1-4H2;4,7H,1-3H2,(H,6,8);3-4H2,1-2H3. The number of aliphatic hydroxyl groups is 2. The SMILES string of the molecule is CCOCC.Clc1cc(Cl)nc(N2CCOCC2)c1.Nc1cc(Cl)cc(N2CC(O)CCC2=O)n1.O=C1CCC(O)CN1. The van der Waals surface area contributed by atoms with E-state index in [-0.39, 0.29) is 30.3 Å². The minimum absolute atomic E-state index is 0.0512. The zero-order valence-corrected chi connectivity index (χ0v) is 26.7. The lowest BCUT2D eigenvalue weighted by molar-refractivity contribution is -0.124. The summed E-state index contributed by atoms with van der Waals surface area (Å²) in [6.45, 7) is 9.47. The Bertz CT molecular complexity index is 1110. The quantitative estimate of drug-likeness (QED) is 0.357. The zero-order chi connectivity index (χ0) is 31.8. The van der Waals surface area contributed by atoms with Gasteiger partial charge in [-0.3, -0.25) is 14.5 Å². The molecule has 43 heavy (non-hydrogen) atoms. The number of rotatable bonds is 4. The number of halogens is 3. The third-order valence-corrected chi connectivity index (χ3v) is 6.82. The summed E-state index contributed by atoms with van der Waals surface area (Å²) in [5, 5.41) is 22.3. The number of morpholine rings is 1. The average molecular weight is 664 g/mol. The van der Waals surface area contributed by atoms with E-state index in [4.69, 9.17) is 55.1 Å². The van der Waals surface area contributed by atoms with Gasteiger partial charge in [-0.15, -0.1) is 0 Å². The summed E-state index contributed by atoms with van der Waals surface area (Å²) >= 11 is 17.5. The predicted molar refractivity (Wildman–Crippen MR) is 169 cm³/mol. The van der Waals surface area contributed by atoms with Crippen molar-refractivity contribution in [3.05, 3.63) is 39.5 Å². The minimum Gasteiger partial charge on any atom is -0.391 e. The van der Waals surface area contributed by atoms with Gasteiger partial charge in [0.05, 0.1) is 32.0 Å². The highest BCUT2D eigenvalue weighted by Crippen LogP contribution is 2.24. The first-order chi connectivity index (χ1) is 20.5. The Morgan fingerprint density at radius 1 is 0.953 bits per heavy atom. The summed E-state index contributed by atoms with van der Waals surface area (Å²) < 4.78 is 10.1. The molecule has 0 aromatic carbocycles. The van der Waals surface area contributed by atoms with Gasteiger partial charge in [0.15, 0.2) is 0 Å². The van der Waals surface area contributed by atoms with Crippen LogP contribution in [0.1, 0.15) is 39.5 Å². The van der Waals surface area contributed by atoms with Gasteiger partial charge in [-0.1, -0.05) is 34.8 Å². The molecular formula is C28H41Cl3N6O6. The Morgan fingerprint density at radius 3 is 2.12 bits per heavy atom. The van der Waals surface area contributed by atoms with E-state index in [1.165, 1.54) is 11.0 Å². The van der Waals surface area contributed by atoms with E-state index in [0.717, 1.165) is 45.3 Å². The van der Waals surface area contributed by atoms with Crippen molar-refractivity contribution in [2.75, 3.05) is 68.1 Å². The predicted octanol–water partition coefficient (Wildman–Crippen LogP) is 3.33. The number of nitrogens with zero attached hydrogens (tertiary/aromatic N) is 4. The number of carbonyl (C=O) groups is 2. The fourth-order valence-corrected chi connectivity index (χ4v) is 4.69. The fourth-order valence-electron chi connectivity index (χ4n) is 4.02. The molecule has 3 fully saturated rings. The van der Waals surface area contributed by atoms with Gasteiger partial charge in [0, 0.05) is 55.7 Å². The van der Waals surface area contributed by atoms with Gasteiger partial charge < -0.3 is 35.6 Å². The number of amides is 2. The Morgan fingerprint density at radius 2 is 1.58 bits per heavy atom. The van der Waals surface area contributed by atoms with Gasteiger partial charge in [0.25, 0.3) is 0 Å². The number of pyridine rings is 2. The van der Waals surface area contributed by atoms with Gasteiger partial charge in [0.1, 0.15) is 22.6 Å². The lowest BCUT2D eigenvalue weighted by atomic mass is 10.1. The molecule has 0 saturated carbocycles. The van der Waals surface area contributed by atoms with Crippen LogP contribution in [0.5, 0.6) is 0 Å². The maximum absolute atomic E-state index is 11.7. The number of hydrogen-bond acceptors (Lipinski definition) is 10. The van der Waals surface area contributed by atoms with Crippen molar-refractivity contribution in [3.8, 4) is 0 Å². The van der Waals surface area contributed by atoms with Crippen LogP contribution in [0.3, 0.4) is 0 Å². The molecule has 240 valence electrons. The molecule has 2 aromatic rings. The molecule has 2 amide bonds. The van der Waals surface area contributed by atoms with E-state index in [1.54, 1.807) is 12.1 Å². The third-order valence-electron chi connectivity index (χ3n) is 6.19. The van der Waals surface area contributed by atoms with Crippen LogP contribution >= 0.6 is 34.8 Å². The number of hydrogen-bond donors (Lipinski definition) is 4. The highest BCUT2D eigenvalue weighted by molar-refractivity contribution is 6.34. The van der Waals surface area contributed by atoms with Crippen LogP contribution < -0.4 is 20.9 Å². The monoisotopic (exact) mass is 662 g/mol. The maximum Gasteiger partial charge on any atom is 0.228 e. The highest BCUT2D eigenvalue weighted by atomic mass is 35.5. The van der Waals surface area contributed by atoms with Gasteiger partial charge >= 0.3 is 0 Å². The average Bonchev–Trinajstić information content (AvgIpc) is 2.97. The summed E-state index contributed by atoms with van der Waals surface area (Å²) in [7, 11) is 0. The van der Waals surface area contributed by atoms with Crippen LogP contribution in [0, 0.1) is 0 Å². The molecule has 0 aliphatic carbocycles. The lowest BCUT2D eigenvalue weighted by Gasteiger charge is -2.29. The summed E-state index contributed by atoms with van der Waals surface area (Å²) in [6.07, 6.45) is 1.07. The highest BCUT2D eigenvalue weighted by Gasteiger charge is 2.26. The molecule has 0 bridgehead atoms. The molecule has 5 heterocycles. The Balaban J connectivity index is 0.000000217. The van der Waals surface area contributed by atoms with Crippen molar-refractivity contribution in [3.63, 3.8) is 0 Å². The van der Waals surface area contributed by atoms with Crippen LogP contribution in [-0.4, -0.2) is 96.8 Å². The molecule has 2 aromatic heterocycles. The smallest absolute Gasteiger partial charge is 0.228 e. The molecule has 3 saturated heterocycles. The first-order valence-electron chi connectivity index (χ1n) is 14.1. The number of nitrogens with one attached hydrogen (secondary N) is 1. The molecular weight excluding hydrogens is 623 g/mol. The van der Waals surface area contributed by atoms with Crippen LogP contribution in [-0.2, 0) is 19.1 Å². The molecule has 5 rings (SSSR count). The molecule has 3 aliphatic rings. The minimum atomic E-state index is -0.514. The molecule has 0 radical (unpaired) electrons. The summed E-state index contributed by atoms with van der Waals surface area (Å²) in [6, 6.07) is 6.52. The van der Waals surface area contributed by atoms with E-state index in [9.17, 15) is 14.7 Å². The second-order valence-electron chi connectivity index (χ2n) is 9.61. The van der Waals surface area contributed by atoms with Crippen molar-refractivity contribution in [2.24, 2.45) is 0 Å². The van der Waals surface area contributed by atoms with Crippen molar-refractivity contribution < 1.29 is 29.3 Å². The molecule has 12 nitrogen and oxygen atoms in total. The summed E-state index contributed by atoms with van der Waals surface area (Å²) in [5.74, 6) is 1.46. The number of ether oxygens (including phenoxy) is 2. The third kappa shape index (κ3) is 14.3. The van der Waals surface area contributed by atoms with E-state index >= 15 is 0 Å². The van der Waals surface area contributed by atoms with Crippen molar-refractivity contribution in [2.45, 2.75) is 51.7 Å². The number of aliphatic hydroxyl groups excluding tert-OH is 2.